The molecule has 1 atom stereocenters. The normalized spacial score (nSPS) is 12.1. The van der Waals surface area contributed by atoms with Crippen molar-refractivity contribution in [3.8, 4) is 0 Å². The van der Waals surface area contributed by atoms with Gasteiger partial charge < -0.3 is 14.2 Å². The van der Waals surface area contributed by atoms with Crippen molar-refractivity contribution in [2.75, 3.05) is 13.2 Å². The molecule has 0 aliphatic carbocycles. The Morgan fingerprint density at radius 3 is 0.845 bits per heavy atom. The summed E-state index contributed by atoms with van der Waals surface area (Å²) in [5.74, 6) is 0.713. The van der Waals surface area contributed by atoms with Gasteiger partial charge in [-0.1, -0.05) is 247 Å². The van der Waals surface area contributed by atoms with Crippen LogP contribution in [0.5, 0.6) is 0 Å². The van der Waals surface area contributed by atoms with Crippen molar-refractivity contribution < 1.29 is 28.6 Å². The molecule has 0 aromatic heterocycles. The van der Waals surface area contributed by atoms with Crippen LogP contribution in [0.2, 0.25) is 0 Å². The molecule has 0 saturated carbocycles. The number of ether oxygens (including phenoxy) is 3. The van der Waals surface area contributed by atoms with Gasteiger partial charge >= 0.3 is 17.9 Å². The minimum Gasteiger partial charge on any atom is -0.462 e. The van der Waals surface area contributed by atoms with E-state index in [0.29, 0.717) is 19.3 Å². The molecule has 0 aliphatic rings. The van der Waals surface area contributed by atoms with Gasteiger partial charge in [-0.3, -0.25) is 14.4 Å². The molecule has 0 fully saturated rings. The molecule has 0 saturated heterocycles. The molecule has 344 valence electrons. The molecule has 0 aromatic rings. The highest BCUT2D eigenvalue weighted by Gasteiger charge is 2.19. The van der Waals surface area contributed by atoms with Crippen molar-refractivity contribution in [2.45, 2.75) is 291 Å². The van der Waals surface area contributed by atoms with Crippen LogP contribution < -0.4 is 0 Å². The summed E-state index contributed by atoms with van der Waals surface area (Å²) in [7, 11) is 0. The van der Waals surface area contributed by atoms with Crippen LogP contribution in [0.1, 0.15) is 285 Å². The molecule has 58 heavy (non-hydrogen) atoms. The first-order chi connectivity index (χ1) is 28.2. The second kappa shape index (κ2) is 44.9. The first-order valence-corrected chi connectivity index (χ1v) is 25.7. The van der Waals surface area contributed by atoms with E-state index in [0.717, 1.165) is 69.6 Å². The van der Waals surface area contributed by atoms with Crippen LogP contribution in [-0.2, 0) is 28.6 Å². The molecule has 0 heterocycles. The van der Waals surface area contributed by atoms with Gasteiger partial charge in [-0.2, -0.15) is 0 Å². The van der Waals surface area contributed by atoms with Gasteiger partial charge in [-0.05, 0) is 31.1 Å². The lowest BCUT2D eigenvalue weighted by molar-refractivity contribution is -0.167. The highest BCUT2D eigenvalue weighted by atomic mass is 16.6. The predicted octanol–water partition coefficient (Wildman–Crippen LogP) is 16.5. The monoisotopic (exact) mass is 821 g/mol. The fraction of sp³-hybridized carbons (Fsp3) is 0.942. The summed E-state index contributed by atoms with van der Waals surface area (Å²) in [4.78, 5) is 37.8. The molecular formula is C52H100O6. The summed E-state index contributed by atoms with van der Waals surface area (Å²) in [5.41, 5.74) is 0. The second-order valence-electron chi connectivity index (χ2n) is 18.8. The number of hydrogen-bond donors (Lipinski definition) is 0. The summed E-state index contributed by atoms with van der Waals surface area (Å²) in [6.07, 6.45) is 45.4. The highest BCUT2D eigenvalue weighted by molar-refractivity contribution is 5.71. The number of carbonyl (C=O) groups is 3. The fourth-order valence-electron chi connectivity index (χ4n) is 7.81. The van der Waals surface area contributed by atoms with E-state index < -0.39 is 6.10 Å². The zero-order valence-electron chi connectivity index (χ0n) is 39.7. The minimum atomic E-state index is -0.762. The summed E-state index contributed by atoms with van der Waals surface area (Å²) in [5, 5.41) is 0. The number of unbranched alkanes of at least 4 members (excludes halogenated alkanes) is 31. The van der Waals surface area contributed by atoms with Crippen LogP contribution in [0.4, 0.5) is 0 Å². The third-order valence-electron chi connectivity index (χ3n) is 11.7. The second-order valence-corrected chi connectivity index (χ2v) is 18.8. The van der Waals surface area contributed by atoms with Crippen molar-refractivity contribution in [2.24, 2.45) is 11.8 Å². The number of rotatable bonds is 46. The molecule has 0 aromatic carbocycles. The van der Waals surface area contributed by atoms with Gasteiger partial charge in [0.15, 0.2) is 6.10 Å². The number of carbonyl (C=O) groups excluding carboxylic acids is 3. The van der Waals surface area contributed by atoms with Gasteiger partial charge in [0.1, 0.15) is 13.2 Å². The Labute approximate surface area is 361 Å². The average molecular weight is 821 g/mol. The summed E-state index contributed by atoms with van der Waals surface area (Å²) in [6.45, 7) is 11.3. The SMILES string of the molecule is CCCCCCCCCCCCCCCCCCCCCC(=O)OC[C@H](COC(=O)CCCCCCCCC(C)C)OC(=O)CCCCCCCCCCCC(C)C. The Morgan fingerprint density at radius 1 is 0.328 bits per heavy atom. The molecule has 0 rings (SSSR count). The third-order valence-corrected chi connectivity index (χ3v) is 11.7. The van der Waals surface area contributed by atoms with Crippen LogP contribution in [0.25, 0.3) is 0 Å². The van der Waals surface area contributed by atoms with Crippen molar-refractivity contribution in [1.29, 1.82) is 0 Å². The van der Waals surface area contributed by atoms with Gasteiger partial charge in [-0.15, -0.1) is 0 Å². The topological polar surface area (TPSA) is 78.9 Å². The maximum atomic E-state index is 12.7. The van der Waals surface area contributed by atoms with Crippen LogP contribution in [0, 0.1) is 11.8 Å². The Balaban J connectivity index is 4.21. The molecule has 6 nitrogen and oxygen atoms in total. The van der Waals surface area contributed by atoms with Gasteiger partial charge in [0.05, 0.1) is 0 Å². The number of esters is 3. The summed E-state index contributed by atoms with van der Waals surface area (Å²) in [6, 6.07) is 0. The maximum absolute atomic E-state index is 12.7. The van der Waals surface area contributed by atoms with E-state index in [9.17, 15) is 14.4 Å². The highest BCUT2D eigenvalue weighted by Crippen LogP contribution is 2.17. The lowest BCUT2D eigenvalue weighted by atomic mass is 10.0. The Hall–Kier alpha value is -1.59. The van der Waals surface area contributed by atoms with E-state index in [-0.39, 0.29) is 31.1 Å². The molecular weight excluding hydrogens is 721 g/mol. The smallest absolute Gasteiger partial charge is 0.306 e. The van der Waals surface area contributed by atoms with Crippen molar-refractivity contribution in [3.05, 3.63) is 0 Å². The zero-order chi connectivity index (χ0) is 42.6. The molecule has 0 spiro atoms. The zero-order valence-corrected chi connectivity index (χ0v) is 39.7. The van der Waals surface area contributed by atoms with Gasteiger partial charge in [0.25, 0.3) is 0 Å². The lowest BCUT2D eigenvalue weighted by Gasteiger charge is -2.18. The molecule has 0 N–H and O–H groups in total. The lowest BCUT2D eigenvalue weighted by Crippen LogP contribution is -2.30. The predicted molar refractivity (Wildman–Crippen MR) is 247 cm³/mol. The van der Waals surface area contributed by atoms with E-state index in [1.54, 1.807) is 0 Å². The van der Waals surface area contributed by atoms with E-state index in [4.69, 9.17) is 14.2 Å². The molecule has 0 unspecified atom stereocenters. The molecule has 6 heteroatoms. The first-order valence-electron chi connectivity index (χ1n) is 25.7. The van der Waals surface area contributed by atoms with E-state index >= 15 is 0 Å². The van der Waals surface area contributed by atoms with Crippen molar-refractivity contribution in [1.82, 2.24) is 0 Å². The summed E-state index contributed by atoms with van der Waals surface area (Å²) < 4.78 is 16.8. The van der Waals surface area contributed by atoms with Gasteiger partial charge in [0, 0.05) is 19.3 Å². The maximum Gasteiger partial charge on any atom is 0.306 e. The van der Waals surface area contributed by atoms with E-state index in [1.807, 2.05) is 0 Å². The molecule has 0 bridgehead atoms. The third kappa shape index (κ3) is 45.5. The molecule has 0 radical (unpaired) electrons. The van der Waals surface area contributed by atoms with Crippen LogP contribution in [0.3, 0.4) is 0 Å². The minimum absolute atomic E-state index is 0.0650. The van der Waals surface area contributed by atoms with Crippen LogP contribution in [-0.4, -0.2) is 37.2 Å². The van der Waals surface area contributed by atoms with Crippen LogP contribution >= 0.6 is 0 Å². The fourth-order valence-corrected chi connectivity index (χ4v) is 7.81. The summed E-state index contributed by atoms with van der Waals surface area (Å²) >= 11 is 0. The van der Waals surface area contributed by atoms with Gasteiger partial charge in [0.2, 0.25) is 0 Å². The quantitative estimate of drug-likeness (QED) is 0.0346. The molecule has 0 amide bonds. The van der Waals surface area contributed by atoms with Crippen LogP contribution in [0.15, 0.2) is 0 Å². The van der Waals surface area contributed by atoms with Crippen molar-refractivity contribution >= 4 is 17.9 Å². The number of hydrogen-bond acceptors (Lipinski definition) is 6. The largest absolute Gasteiger partial charge is 0.462 e. The van der Waals surface area contributed by atoms with Crippen molar-refractivity contribution in [3.63, 3.8) is 0 Å². The average Bonchev–Trinajstić information content (AvgIpc) is 3.19. The Bertz CT molecular complexity index is 885. The van der Waals surface area contributed by atoms with E-state index in [2.05, 4.69) is 34.6 Å². The molecule has 0 aliphatic heterocycles. The Kier molecular flexibility index (Phi) is 43.7. The standard InChI is InChI=1S/C52H100O6/c1-6-7-8-9-10-11-12-13-14-15-16-17-18-19-20-23-26-32-37-42-50(53)56-45-49(46-57-51(54)43-38-33-29-28-31-36-41-48(4)5)58-52(55)44-39-34-27-24-21-22-25-30-35-40-47(2)3/h47-49H,6-46H2,1-5H3/t49-/m1/s1. The van der Waals surface area contributed by atoms with Gasteiger partial charge in [-0.25, -0.2) is 0 Å². The Morgan fingerprint density at radius 2 is 0.569 bits per heavy atom. The van der Waals surface area contributed by atoms with E-state index in [1.165, 1.54) is 173 Å². The first kappa shape index (κ1) is 56.4.